The highest BCUT2D eigenvalue weighted by Gasteiger charge is 2.29. The fraction of sp³-hybridized carbons (Fsp3) is 0.833. The zero-order chi connectivity index (χ0) is 16.6. The largest absolute Gasteiger partial charge is 0.347 e. The maximum absolute atomic E-state index is 12.0. The van der Waals surface area contributed by atoms with Gasteiger partial charge in [0.05, 0.1) is 6.04 Å². The second-order valence-corrected chi connectivity index (χ2v) is 6.97. The van der Waals surface area contributed by atoms with E-state index in [-0.39, 0.29) is 0 Å². The summed E-state index contributed by atoms with van der Waals surface area (Å²) in [5.74, 6) is -2.36. The Hall–Kier alpha value is -0.950. The molecular weight excluding hydrogens is 297 g/mol. The highest BCUT2D eigenvalue weighted by Crippen LogP contribution is 2.39. The Morgan fingerprint density at radius 2 is 1.62 bits per heavy atom. The number of rotatable bonds is 9. The lowest BCUT2D eigenvalue weighted by molar-refractivity contribution is -0.130. The van der Waals surface area contributed by atoms with E-state index >= 15 is 0 Å². The summed E-state index contributed by atoms with van der Waals surface area (Å²) in [6, 6.07) is -1.54. The maximum atomic E-state index is 12.0. The van der Waals surface area contributed by atoms with Crippen molar-refractivity contribution in [3.05, 3.63) is 0 Å². The van der Waals surface area contributed by atoms with Gasteiger partial charge >= 0.3 is 7.60 Å². The summed E-state index contributed by atoms with van der Waals surface area (Å²) in [4.78, 5) is 41.8. The Kier molecular flexibility index (Phi) is 8.73. The van der Waals surface area contributed by atoms with Crippen molar-refractivity contribution in [1.82, 2.24) is 10.6 Å². The molecule has 9 heteroatoms. The van der Waals surface area contributed by atoms with Crippen LogP contribution in [0.3, 0.4) is 0 Å². The van der Waals surface area contributed by atoms with Crippen LogP contribution in [0.1, 0.15) is 46.5 Å². The van der Waals surface area contributed by atoms with Gasteiger partial charge in [-0.25, -0.2) is 0 Å². The molecular formula is C12H26N3O5P. The Bertz CT molecular complexity index is 398. The van der Waals surface area contributed by atoms with E-state index in [9.17, 15) is 14.2 Å². The number of nitrogens with two attached hydrogens (primary N) is 1. The first kappa shape index (κ1) is 20.1. The molecule has 0 unspecified atom stereocenters. The van der Waals surface area contributed by atoms with Gasteiger partial charge in [0.15, 0.2) is 0 Å². The van der Waals surface area contributed by atoms with Crippen molar-refractivity contribution in [1.29, 1.82) is 0 Å². The summed E-state index contributed by atoms with van der Waals surface area (Å²) in [6.45, 7) is 4.95. The van der Waals surface area contributed by atoms with Crippen LogP contribution in [0.15, 0.2) is 0 Å². The summed E-state index contributed by atoms with van der Waals surface area (Å²) < 4.78 is 11.0. The molecule has 0 fully saturated rings. The van der Waals surface area contributed by atoms with Crippen LogP contribution in [0.4, 0.5) is 0 Å². The molecule has 0 aliphatic carbocycles. The van der Waals surface area contributed by atoms with E-state index in [0.29, 0.717) is 19.3 Å². The molecule has 0 aromatic carbocycles. The first-order valence-electron chi connectivity index (χ1n) is 7.05. The fourth-order valence-corrected chi connectivity index (χ4v) is 1.96. The topological polar surface area (TPSA) is 142 Å². The van der Waals surface area contributed by atoms with Gasteiger partial charge in [-0.1, -0.05) is 26.7 Å². The van der Waals surface area contributed by atoms with E-state index < -0.39 is 37.3 Å². The summed E-state index contributed by atoms with van der Waals surface area (Å²) in [6.07, 6.45) is 2.25. The molecule has 0 radical (unpaired) electrons. The van der Waals surface area contributed by atoms with Gasteiger partial charge in [-0.05, 0) is 19.8 Å². The monoisotopic (exact) mass is 323 g/mol. The lowest BCUT2D eigenvalue weighted by atomic mass is 10.1. The number of carbonyl (C=O) groups is 2. The molecule has 6 N–H and O–H groups in total. The van der Waals surface area contributed by atoms with Gasteiger partial charge in [0.1, 0.15) is 11.8 Å². The number of nitrogens with one attached hydrogen (secondary N) is 2. The first-order valence-corrected chi connectivity index (χ1v) is 8.73. The molecule has 0 aliphatic heterocycles. The Morgan fingerprint density at radius 3 is 2.05 bits per heavy atom. The van der Waals surface area contributed by atoms with E-state index in [0.717, 1.165) is 6.42 Å². The van der Waals surface area contributed by atoms with Crippen LogP contribution in [0.25, 0.3) is 0 Å². The molecule has 0 aliphatic rings. The van der Waals surface area contributed by atoms with Crippen LogP contribution in [0.2, 0.25) is 0 Å². The van der Waals surface area contributed by atoms with Crippen molar-refractivity contribution < 1.29 is 23.9 Å². The smallest absolute Gasteiger partial charge is 0.343 e. The highest BCUT2D eigenvalue weighted by atomic mass is 31.2. The minimum Gasteiger partial charge on any atom is -0.343 e. The zero-order valence-electron chi connectivity index (χ0n) is 12.7. The lowest BCUT2D eigenvalue weighted by Gasteiger charge is -2.22. The normalized spacial score (nSPS) is 15.9. The van der Waals surface area contributed by atoms with E-state index in [2.05, 4.69) is 10.6 Å². The molecule has 124 valence electrons. The molecule has 0 rings (SSSR count). The van der Waals surface area contributed by atoms with Gasteiger partial charge in [-0.15, -0.1) is 0 Å². The summed E-state index contributed by atoms with van der Waals surface area (Å²) in [7, 11) is -4.40. The van der Waals surface area contributed by atoms with E-state index in [1.165, 1.54) is 6.92 Å². The fourth-order valence-electron chi connectivity index (χ4n) is 1.67. The van der Waals surface area contributed by atoms with E-state index in [4.69, 9.17) is 15.5 Å². The van der Waals surface area contributed by atoms with Gasteiger partial charge in [0.2, 0.25) is 11.8 Å². The van der Waals surface area contributed by atoms with Gasteiger partial charge in [-0.3, -0.25) is 14.2 Å². The molecule has 0 saturated carbocycles. The minimum absolute atomic E-state index is 0.365. The molecule has 3 atom stereocenters. The molecule has 21 heavy (non-hydrogen) atoms. The van der Waals surface area contributed by atoms with Crippen LogP contribution < -0.4 is 16.4 Å². The second kappa shape index (κ2) is 9.15. The van der Waals surface area contributed by atoms with Crippen molar-refractivity contribution in [2.75, 3.05) is 0 Å². The SMILES string of the molecule is CCC[C@H](NC(=O)[C@@H](N)CCC)C(=O)N[C@@H](C)P(=O)(O)O. The van der Waals surface area contributed by atoms with Gasteiger partial charge in [0, 0.05) is 0 Å². The van der Waals surface area contributed by atoms with Crippen molar-refractivity contribution >= 4 is 19.4 Å². The van der Waals surface area contributed by atoms with E-state index in [1.54, 1.807) is 0 Å². The van der Waals surface area contributed by atoms with Crippen LogP contribution in [0.5, 0.6) is 0 Å². The molecule has 8 nitrogen and oxygen atoms in total. The van der Waals surface area contributed by atoms with Gasteiger partial charge in [0.25, 0.3) is 0 Å². The molecule has 0 saturated heterocycles. The number of carbonyl (C=O) groups excluding carboxylic acids is 2. The average molecular weight is 323 g/mol. The Morgan fingerprint density at radius 1 is 1.10 bits per heavy atom. The van der Waals surface area contributed by atoms with Crippen molar-refractivity contribution in [3.8, 4) is 0 Å². The number of amides is 2. The van der Waals surface area contributed by atoms with Crippen LogP contribution in [-0.2, 0) is 14.2 Å². The van der Waals surface area contributed by atoms with Crippen LogP contribution in [0, 0.1) is 0 Å². The summed E-state index contributed by atoms with van der Waals surface area (Å²) >= 11 is 0. The molecule has 2 amide bonds. The molecule has 0 aromatic rings. The van der Waals surface area contributed by atoms with Gasteiger partial charge < -0.3 is 26.2 Å². The molecule has 0 aromatic heterocycles. The van der Waals surface area contributed by atoms with Crippen molar-refractivity contribution in [2.24, 2.45) is 5.73 Å². The van der Waals surface area contributed by atoms with Crippen molar-refractivity contribution in [3.63, 3.8) is 0 Å². The zero-order valence-corrected chi connectivity index (χ0v) is 13.6. The Balaban J connectivity index is 4.70. The minimum atomic E-state index is -4.40. The molecule has 0 spiro atoms. The third-order valence-corrected chi connectivity index (χ3v) is 4.14. The average Bonchev–Trinajstić information content (AvgIpc) is 2.37. The first-order chi connectivity index (χ1) is 9.63. The molecule has 0 heterocycles. The number of hydrogen-bond acceptors (Lipinski definition) is 4. The third-order valence-electron chi connectivity index (χ3n) is 3.00. The third kappa shape index (κ3) is 7.57. The Labute approximate surface area is 125 Å². The van der Waals surface area contributed by atoms with Gasteiger partial charge in [-0.2, -0.15) is 0 Å². The van der Waals surface area contributed by atoms with Crippen molar-refractivity contribution in [2.45, 2.75) is 64.3 Å². The molecule has 0 bridgehead atoms. The second-order valence-electron chi connectivity index (χ2n) is 5.02. The quantitative estimate of drug-likeness (QED) is 0.379. The summed E-state index contributed by atoms with van der Waals surface area (Å²) in [5.41, 5.74) is 5.67. The maximum Gasteiger partial charge on any atom is 0.347 e. The van der Waals surface area contributed by atoms with Crippen LogP contribution >= 0.6 is 7.60 Å². The standard InChI is InChI=1S/C12H26N3O5P/c1-4-6-9(13)11(16)15-10(7-5-2)12(17)14-8(3)21(18,19)20/h8-10H,4-7,13H2,1-3H3,(H,14,17)(H,15,16)(H2,18,19,20)/t8-,9+,10+/m1/s1. The lowest BCUT2D eigenvalue weighted by Crippen LogP contribution is -2.52. The summed E-state index contributed by atoms with van der Waals surface area (Å²) in [5, 5.41) is 4.75. The highest BCUT2D eigenvalue weighted by molar-refractivity contribution is 7.52. The van der Waals surface area contributed by atoms with E-state index in [1.807, 2.05) is 13.8 Å². The number of hydrogen-bond donors (Lipinski definition) is 5. The predicted molar refractivity (Wildman–Crippen MR) is 79.4 cm³/mol. The predicted octanol–water partition coefficient (Wildman–Crippen LogP) is 0.0386. The van der Waals surface area contributed by atoms with Crippen LogP contribution in [-0.4, -0.2) is 39.5 Å².